The Labute approximate surface area is 120 Å². The Hall–Kier alpha value is -2.10. The standard InChI is InChI=1S/C16H22N4/c1-4-11(5-2)20(3)15-12-8-6-7-9-14(12)19-10-13(15)16(17)18/h6-11H,4-5H2,1-3H3,(H3,17,18). The van der Waals surface area contributed by atoms with Crippen molar-refractivity contribution in [2.75, 3.05) is 11.9 Å². The molecule has 0 aliphatic rings. The van der Waals surface area contributed by atoms with E-state index in [1.54, 1.807) is 6.20 Å². The molecule has 0 amide bonds. The predicted octanol–water partition coefficient (Wildman–Crippen LogP) is 3.14. The van der Waals surface area contributed by atoms with Gasteiger partial charge in [0.1, 0.15) is 5.84 Å². The molecule has 0 aliphatic carbocycles. The van der Waals surface area contributed by atoms with Crippen LogP contribution in [0.25, 0.3) is 10.9 Å². The Bertz CT molecular complexity index is 617. The SMILES string of the molecule is CCC(CC)N(C)c1c(C(=N)N)cnc2ccccc12. The van der Waals surface area contributed by atoms with Gasteiger partial charge in [-0.05, 0) is 18.9 Å². The summed E-state index contributed by atoms with van der Waals surface area (Å²) in [6.45, 7) is 4.36. The molecule has 2 rings (SSSR count). The van der Waals surface area contributed by atoms with Crippen molar-refractivity contribution in [2.24, 2.45) is 5.73 Å². The van der Waals surface area contributed by atoms with Gasteiger partial charge in [-0.1, -0.05) is 32.0 Å². The first-order valence-electron chi connectivity index (χ1n) is 7.05. The number of rotatable bonds is 5. The van der Waals surface area contributed by atoms with Crippen molar-refractivity contribution >= 4 is 22.4 Å². The number of hydrogen-bond donors (Lipinski definition) is 2. The summed E-state index contributed by atoms with van der Waals surface area (Å²) in [6, 6.07) is 8.44. The minimum Gasteiger partial charge on any atom is -0.384 e. The van der Waals surface area contributed by atoms with Crippen molar-refractivity contribution in [1.82, 2.24) is 4.98 Å². The Morgan fingerprint density at radius 1 is 1.30 bits per heavy atom. The van der Waals surface area contributed by atoms with Crippen LogP contribution in [0.15, 0.2) is 30.5 Å². The lowest BCUT2D eigenvalue weighted by Crippen LogP contribution is -2.32. The van der Waals surface area contributed by atoms with Gasteiger partial charge in [-0.15, -0.1) is 0 Å². The van der Waals surface area contributed by atoms with E-state index in [9.17, 15) is 0 Å². The highest BCUT2D eigenvalue weighted by Gasteiger charge is 2.19. The molecule has 1 aromatic heterocycles. The number of fused-ring (bicyclic) bond motifs is 1. The van der Waals surface area contributed by atoms with Crippen LogP contribution in [0, 0.1) is 5.41 Å². The number of aromatic nitrogens is 1. The van der Waals surface area contributed by atoms with Crippen molar-refractivity contribution < 1.29 is 0 Å². The average molecular weight is 270 g/mol. The average Bonchev–Trinajstić information content (AvgIpc) is 2.46. The van der Waals surface area contributed by atoms with E-state index in [0.29, 0.717) is 11.6 Å². The number of benzene rings is 1. The topological polar surface area (TPSA) is 66.0 Å². The van der Waals surface area contributed by atoms with Gasteiger partial charge in [0.2, 0.25) is 0 Å². The molecule has 106 valence electrons. The molecule has 0 fully saturated rings. The Morgan fingerprint density at radius 3 is 2.55 bits per heavy atom. The Balaban J connectivity index is 2.69. The van der Waals surface area contributed by atoms with Gasteiger partial charge >= 0.3 is 0 Å². The van der Waals surface area contributed by atoms with E-state index >= 15 is 0 Å². The molecule has 0 saturated carbocycles. The second-order valence-electron chi connectivity index (χ2n) is 5.03. The molecule has 0 spiro atoms. The number of pyridine rings is 1. The second-order valence-corrected chi connectivity index (χ2v) is 5.03. The largest absolute Gasteiger partial charge is 0.384 e. The van der Waals surface area contributed by atoms with E-state index in [-0.39, 0.29) is 5.84 Å². The van der Waals surface area contributed by atoms with E-state index in [0.717, 1.165) is 29.4 Å². The van der Waals surface area contributed by atoms with Crippen molar-refractivity contribution in [3.63, 3.8) is 0 Å². The fourth-order valence-electron chi connectivity index (χ4n) is 2.72. The summed E-state index contributed by atoms with van der Waals surface area (Å²) in [5, 5.41) is 8.86. The zero-order chi connectivity index (χ0) is 14.7. The Kier molecular flexibility index (Phi) is 4.23. The van der Waals surface area contributed by atoms with Crippen LogP contribution in [-0.4, -0.2) is 23.9 Å². The first-order chi connectivity index (χ1) is 9.60. The summed E-state index contributed by atoms with van der Waals surface area (Å²) in [4.78, 5) is 6.65. The van der Waals surface area contributed by atoms with E-state index in [1.165, 1.54) is 0 Å². The van der Waals surface area contributed by atoms with Crippen LogP contribution in [0.1, 0.15) is 32.3 Å². The normalized spacial score (nSPS) is 11.0. The number of amidine groups is 1. The fourth-order valence-corrected chi connectivity index (χ4v) is 2.72. The highest BCUT2D eigenvalue weighted by Crippen LogP contribution is 2.30. The summed E-state index contributed by atoms with van der Waals surface area (Å²) in [6.07, 6.45) is 3.82. The Morgan fingerprint density at radius 2 is 1.95 bits per heavy atom. The van der Waals surface area contributed by atoms with Gasteiger partial charge in [-0.3, -0.25) is 10.4 Å². The van der Waals surface area contributed by atoms with Gasteiger partial charge in [-0.25, -0.2) is 0 Å². The summed E-state index contributed by atoms with van der Waals surface area (Å²) < 4.78 is 0. The van der Waals surface area contributed by atoms with Gasteiger partial charge in [0.15, 0.2) is 0 Å². The maximum atomic E-state index is 7.81. The van der Waals surface area contributed by atoms with Crippen LogP contribution >= 0.6 is 0 Å². The van der Waals surface area contributed by atoms with Crippen molar-refractivity contribution in [3.05, 3.63) is 36.0 Å². The number of anilines is 1. The van der Waals surface area contributed by atoms with Crippen molar-refractivity contribution in [2.45, 2.75) is 32.7 Å². The summed E-state index contributed by atoms with van der Waals surface area (Å²) in [5.74, 6) is 0.0658. The highest BCUT2D eigenvalue weighted by atomic mass is 15.1. The number of nitrogen functional groups attached to an aromatic ring is 1. The predicted molar refractivity (Wildman–Crippen MR) is 85.5 cm³/mol. The number of hydrogen-bond acceptors (Lipinski definition) is 3. The van der Waals surface area contributed by atoms with Crippen LogP contribution in [0.3, 0.4) is 0 Å². The first-order valence-corrected chi connectivity index (χ1v) is 7.05. The third-order valence-electron chi connectivity index (χ3n) is 3.88. The first kappa shape index (κ1) is 14.3. The van der Waals surface area contributed by atoms with E-state index in [1.807, 2.05) is 24.3 Å². The molecular weight excluding hydrogens is 248 g/mol. The van der Waals surface area contributed by atoms with Gasteiger partial charge < -0.3 is 10.6 Å². The number of nitrogens with zero attached hydrogens (tertiary/aromatic N) is 2. The third-order valence-corrected chi connectivity index (χ3v) is 3.88. The third kappa shape index (κ3) is 2.46. The monoisotopic (exact) mass is 270 g/mol. The lowest BCUT2D eigenvalue weighted by atomic mass is 10.0. The van der Waals surface area contributed by atoms with Crippen LogP contribution in [0.5, 0.6) is 0 Å². The quantitative estimate of drug-likeness (QED) is 0.648. The minimum absolute atomic E-state index is 0.0658. The van der Waals surface area contributed by atoms with Gasteiger partial charge in [0.05, 0.1) is 16.8 Å². The van der Waals surface area contributed by atoms with Gasteiger partial charge in [0.25, 0.3) is 0 Å². The zero-order valence-electron chi connectivity index (χ0n) is 12.4. The molecule has 0 atom stereocenters. The molecule has 1 heterocycles. The molecule has 0 unspecified atom stereocenters. The van der Waals surface area contributed by atoms with E-state index in [2.05, 4.69) is 30.8 Å². The molecule has 0 aliphatic heterocycles. The molecule has 20 heavy (non-hydrogen) atoms. The maximum Gasteiger partial charge on any atom is 0.126 e. The van der Waals surface area contributed by atoms with E-state index in [4.69, 9.17) is 11.1 Å². The molecule has 0 saturated heterocycles. The lowest BCUT2D eigenvalue weighted by Gasteiger charge is -2.31. The maximum absolute atomic E-state index is 7.81. The molecule has 2 aromatic rings. The second kappa shape index (κ2) is 5.90. The summed E-state index contributed by atoms with van der Waals surface area (Å²) in [7, 11) is 2.08. The molecule has 3 N–H and O–H groups in total. The van der Waals surface area contributed by atoms with Crippen LogP contribution in [-0.2, 0) is 0 Å². The summed E-state index contributed by atoms with van der Waals surface area (Å²) >= 11 is 0. The molecule has 0 bridgehead atoms. The van der Waals surface area contributed by atoms with Crippen molar-refractivity contribution in [1.29, 1.82) is 5.41 Å². The highest BCUT2D eigenvalue weighted by molar-refractivity contribution is 6.07. The number of nitrogens with two attached hydrogens (primary N) is 1. The zero-order valence-corrected chi connectivity index (χ0v) is 12.4. The molecular formula is C16H22N4. The van der Waals surface area contributed by atoms with E-state index < -0.39 is 0 Å². The number of para-hydroxylation sites is 1. The smallest absolute Gasteiger partial charge is 0.126 e. The van der Waals surface area contributed by atoms with Crippen LogP contribution in [0.4, 0.5) is 5.69 Å². The molecule has 1 aromatic carbocycles. The van der Waals surface area contributed by atoms with Gasteiger partial charge in [0, 0.05) is 24.7 Å². The molecule has 4 nitrogen and oxygen atoms in total. The van der Waals surface area contributed by atoms with Gasteiger partial charge in [-0.2, -0.15) is 0 Å². The summed E-state index contributed by atoms with van der Waals surface area (Å²) in [5.41, 5.74) is 8.40. The molecule has 4 heteroatoms. The van der Waals surface area contributed by atoms with Crippen molar-refractivity contribution in [3.8, 4) is 0 Å². The lowest BCUT2D eigenvalue weighted by molar-refractivity contribution is 0.592. The van der Waals surface area contributed by atoms with Crippen LogP contribution < -0.4 is 10.6 Å². The number of nitrogens with one attached hydrogen (secondary N) is 1. The fraction of sp³-hybridized carbons (Fsp3) is 0.375. The van der Waals surface area contributed by atoms with Crippen LogP contribution in [0.2, 0.25) is 0 Å². The minimum atomic E-state index is 0.0658. The molecule has 0 radical (unpaired) electrons.